The predicted octanol–water partition coefficient (Wildman–Crippen LogP) is 2.21. The van der Waals surface area contributed by atoms with Crippen LogP contribution in [0, 0.1) is 0 Å². The van der Waals surface area contributed by atoms with Gasteiger partial charge in [0.15, 0.2) is 6.10 Å². The maximum absolute atomic E-state index is 12.3. The number of aromatic nitrogens is 2. The summed E-state index contributed by atoms with van der Waals surface area (Å²) in [5.74, 6) is 0. The first kappa shape index (κ1) is 14.8. The Bertz CT molecular complexity index is 416. The van der Waals surface area contributed by atoms with E-state index < -0.39 is 12.3 Å². The number of halogens is 4. The van der Waals surface area contributed by atoms with Crippen LogP contribution in [0.25, 0.3) is 0 Å². The smallest absolute Gasteiger partial charge is 0.382 e. The Kier molecular flexibility index (Phi) is 4.52. The molecule has 8 heteroatoms. The quantitative estimate of drug-likeness (QED) is 0.916. The van der Waals surface area contributed by atoms with Gasteiger partial charge in [-0.2, -0.15) is 18.3 Å². The minimum atomic E-state index is -4.54. The summed E-state index contributed by atoms with van der Waals surface area (Å²) in [7, 11) is 0. The number of hydrogen-bond donors (Lipinski definition) is 1. The molecule has 1 atom stereocenters. The van der Waals surface area contributed by atoms with E-state index in [1.54, 1.807) is 11.1 Å². The van der Waals surface area contributed by atoms with Crippen LogP contribution < -0.4 is 0 Å². The molecule has 19 heavy (non-hydrogen) atoms. The number of aliphatic hydroxyl groups excluding tert-OH is 1. The molecular weight excluding hydrogens is 327 g/mol. The summed E-state index contributed by atoms with van der Waals surface area (Å²) < 4.78 is 39.5. The fourth-order valence-corrected chi connectivity index (χ4v) is 2.53. The standard InChI is InChI=1S/C11H15BrF3N3O/c12-8-5-16-18(6-8)9-1-3-17(4-2-9)7-10(19)11(13,14)15/h5-6,9-10,19H,1-4,7H2. The Hall–Kier alpha value is -0.600. The fraction of sp³-hybridized carbons (Fsp3) is 0.727. The molecule has 2 heterocycles. The van der Waals surface area contributed by atoms with Crippen molar-refractivity contribution in [3.63, 3.8) is 0 Å². The summed E-state index contributed by atoms with van der Waals surface area (Å²) >= 11 is 3.31. The van der Waals surface area contributed by atoms with Crippen LogP contribution in [0.3, 0.4) is 0 Å². The Morgan fingerprint density at radius 3 is 2.53 bits per heavy atom. The highest BCUT2D eigenvalue weighted by molar-refractivity contribution is 9.10. The van der Waals surface area contributed by atoms with Gasteiger partial charge in [-0.3, -0.25) is 4.68 Å². The summed E-state index contributed by atoms with van der Waals surface area (Å²) in [5, 5.41) is 13.2. The van der Waals surface area contributed by atoms with Gasteiger partial charge in [0.25, 0.3) is 0 Å². The van der Waals surface area contributed by atoms with E-state index in [1.807, 2.05) is 10.9 Å². The maximum Gasteiger partial charge on any atom is 0.415 e. The van der Waals surface area contributed by atoms with Gasteiger partial charge in [0.2, 0.25) is 0 Å². The highest BCUT2D eigenvalue weighted by Crippen LogP contribution is 2.25. The van der Waals surface area contributed by atoms with Crippen LogP contribution in [0.5, 0.6) is 0 Å². The normalized spacial score (nSPS) is 20.7. The zero-order valence-corrected chi connectivity index (χ0v) is 11.7. The minimum Gasteiger partial charge on any atom is -0.382 e. The molecule has 2 rings (SSSR count). The van der Waals surface area contributed by atoms with Gasteiger partial charge in [0.1, 0.15) is 0 Å². The molecule has 1 N–H and O–H groups in total. The summed E-state index contributed by atoms with van der Waals surface area (Å²) in [6.07, 6.45) is -1.77. The first-order valence-corrected chi connectivity index (χ1v) is 6.82. The zero-order chi connectivity index (χ0) is 14.0. The van der Waals surface area contributed by atoms with Crippen molar-refractivity contribution in [2.45, 2.75) is 31.2 Å². The van der Waals surface area contributed by atoms with E-state index in [4.69, 9.17) is 5.11 Å². The molecular formula is C11H15BrF3N3O. The van der Waals surface area contributed by atoms with Crippen molar-refractivity contribution >= 4 is 15.9 Å². The minimum absolute atomic E-state index is 0.213. The number of aliphatic hydroxyl groups is 1. The molecule has 0 aliphatic carbocycles. The molecule has 0 spiro atoms. The first-order chi connectivity index (χ1) is 8.86. The molecule has 0 amide bonds. The van der Waals surface area contributed by atoms with E-state index in [-0.39, 0.29) is 12.6 Å². The van der Waals surface area contributed by atoms with E-state index in [0.717, 1.165) is 17.3 Å². The molecule has 1 aromatic rings. The Balaban J connectivity index is 1.83. The van der Waals surface area contributed by atoms with Crippen LogP contribution in [-0.2, 0) is 0 Å². The topological polar surface area (TPSA) is 41.3 Å². The van der Waals surface area contributed by atoms with Gasteiger partial charge < -0.3 is 10.0 Å². The van der Waals surface area contributed by atoms with Crippen molar-refractivity contribution in [1.82, 2.24) is 14.7 Å². The number of rotatable bonds is 3. The van der Waals surface area contributed by atoms with Crippen molar-refractivity contribution < 1.29 is 18.3 Å². The number of β-amino-alcohol motifs (C(OH)–C–C–N with tert-alkyl or cyclic N) is 1. The van der Waals surface area contributed by atoms with E-state index in [1.165, 1.54) is 0 Å². The van der Waals surface area contributed by atoms with Crippen LogP contribution >= 0.6 is 15.9 Å². The summed E-state index contributed by atoms with van der Waals surface area (Å²) in [4.78, 5) is 1.65. The van der Waals surface area contributed by atoms with Crippen LogP contribution in [0.2, 0.25) is 0 Å². The van der Waals surface area contributed by atoms with Gasteiger partial charge in [-0.1, -0.05) is 0 Å². The lowest BCUT2D eigenvalue weighted by atomic mass is 10.0. The Morgan fingerprint density at radius 2 is 2.05 bits per heavy atom. The van der Waals surface area contributed by atoms with E-state index in [2.05, 4.69) is 21.0 Å². The lowest BCUT2D eigenvalue weighted by Gasteiger charge is -2.33. The average Bonchev–Trinajstić information content (AvgIpc) is 2.75. The molecule has 1 fully saturated rings. The maximum atomic E-state index is 12.3. The van der Waals surface area contributed by atoms with Gasteiger partial charge in [-0.15, -0.1) is 0 Å². The van der Waals surface area contributed by atoms with Crippen molar-refractivity contribution in [2.75, 3.05) is 19.6 Å². The molecule has 108 valence electrons. The van der Waals surface area contributed by atoms with Crippen molar-refractivity contribution in [1.29, 1.82) is 0 Å². The van der Waals surface area contributed by atoms with Crippen molar-refractivity contribution in [3.8, 4) is 0 Å². The second-order valence-corrected chi connectivity index (χ2v) is 5.64. The largest absolute Gasteiger partial charge is 0.415 e. The predicted molar refractivity (Wildman–Crippen MR) is 66.7 cm³/mol. The van der Waals surface area contributed by atoms with Gasteiger partial charge in [0, 0.05) is 25.8 Å². The number of piperidine rings is 1. The van der Waals surface area contributed by atoms with Crippen molar-refractivity contribution in [3.05, 3.63) is 16.9 Å². The molecule has 4 nitrogen and oxygen atoms in total. The third-order valence-electron chi connectivity index (χ3n) is 3.31. The lowest BCUT2D eigenvalue weighted by molar-refractivity contribution is -0.208. The molecule has 1 aliphatic rings. The molecule has 0 bridgehead atoms. The number of alkyl halides is 3. The SMILES string of the molecule is OC(CN1CCC(n2cc(Br)cn2)CC1)C(F)(F)F. The number of likely N-dealkylation sites (tertiary alicyclic amines) is 1. The second-order valence-electron chi connectivity index (χ2n) is 4.73. The number of hydrogen-bond acceptors (Lipinski definition) is 3. The van der Waals surface area contributed by atoms with Crippen LogP contribution in [-0.4, -0.2) is 51.7 Å². The highest BCUT2D eigenvalue weighted by atomic mass is 79.9. The molecule has 1 saturated heterocycles. The van der Waals surface area contributed by atoms with Crippen LogP contribution in [0.1, 0.15) is 18.9 Å². The molecule has 0 saturated carbocycles. The monoisotopic (exact) mass is 341 g/mol. The molecule has 1 aliphatic heterocycles. The van der Waals surface area contributed by atoms with E-state index in [0.29, 0.717) is 13.1 Å². The van der Waals surface area contributed by atoms with Gasteiger partial charge in [-0.05, 0) is 28.8 Å². The van der Waals surface area contributed by atoms with E-state index >= 15 is 0 Å². The van der Waals surface area contributed by atoms with Gasteiger partial charge in [0.05, 0.1) is 16.7 Å². The summed E-state index contributed by atoms with van der Waals surface area (Å²) in [5.41, 5.74) is 0. The van der Waals surface area contributed by atoms with Gasteiger partial charge in [-0.25, -0.2) is 0 Å². The Morgan fingerprint density at radius 1 is 1.42 bits per heavy atom. The van der Waals surface area contributed by atoms with Gasteiger partial charge >= 0.3 is 6.18 Å². The first-order valence-electron chi connectivity index (χ1n) is 6.03. The summed E-state index contributed by atoms with van der Waals surface area (Å²) in [6.45, 7) is 0.726. The van der Waals surface area contributed by atoms with Crippen molar-refractivity contribution in [2.24, 2.45) is 0 Å². The second kappa shape index (κ2) is 5.80. The highest BCUT2D eigenvalue weighted by Gasteiger charge is 2.39. The lowest BCUT2D eigenvalue weighted by Crippen LogP contribution is -2.44. The third kappa shape index (κ3) is 3.93. The number of nitrogens with zero attached hydrogens (tertiary/aromatic N) is 3. The molecule has 0 radical (unpaired) electrons. The molecule has 1 aromatic heterocycles. The molecule has 0 aromatic carbocycles. The average molecular weight is 342 g/mol. The van der Waals surface area contributed by atoms with E-state index in [9.17, 15) is 13.2 Å². The summed E-state index contributed by atoms with van der Waals surface area (Å²) in [6, 6.07) is 0.213. The fourth-order valence-electron chi connectivity index (χ4n) is 2.23. The third-order valence-corrected chi connectivity index (χ3v) is 3.72. The van der Waals surface area contributed by atoms with Crippen LogP contribution in [0.15, 0.2) is 16.9 Å². The molecule has 1 unspecified atom stereocenters. The zero-order valence-electron chi connectivity index (χ0n) is 10.1. The Labute approximate surface area is 117 Å². The van der Waals surface area contributed by atoms with Crippen LogP contribution in [0.4, 0.5) is 13.2 Å².